The molecule has 1 heterocycles. The van der Waals surface area contributed by atoms with Crippen molar-refractivity contribution in [2.45, 2.75) is 36.8 Å². The first-order valence-corrected chi connectivity index (χ1v) is 6.50. The maximum atomic E-state index is 11.5. The molecule has 1 atom stereocenters. The molecule has 0 radical (unpaired) electrons. The molecule has 6 heteroatoms. The van der Waals surface area contributed by atoms with Crippen LogP contribution in [0.3, 0.4) is 0 Å². The summed E-state index contributed by atoms with van der Waals surface area (Å²) in [5.41, 5.74) is 0. The summed E-state index contributed by atoms with van der Waals surface area (Å²) in [6.45, 7) is 6.09. The second-order valence-corrected chi connectivity index (χ2v) is 5.49. The van der Waals surface area contributed by atoms with E-state index in [1.165, 1.54) is 23.1 Å². The van der Waals surface area contributed by atoms with Crippen LogP contribution in [-0.4, -0.2) is 28.0 Å². The first-order valence-electron chi connectivity index (χ1n) is 4.80. The summed E-state index contributed by atoms with van der Waals surface area (Å²) < 4.78 is 5.80. The minimum atomic E-state index is -0.169. The minimum Gasteiger partial charge on any atom is -0.465 e. The maximum absolute atomic E-state index is 11.5. The van der Waals surface area contributed by atoms with E-state index in [0.717, 1.165) is 15.8 Å². The topological polar surface area (TPSA) is 52.1 Å². The highest BCUT2D eigenvalue weighted by Crippen LogP contribution is 2.28. The van der Waals surface area contributed by atoms with E-state index in [-0.39, 0.29) is 11.2 Å². The molecule has 4 nitrogen and oxygen atoms in total. The van der Waals surface area contributed by atoms with Crippen molar-refractivity contribution in [2.75, 3.05) is 6.61 Å². The Morgan fingerprint density at radius 1 is 1.53 bits per heavy atom. The Morgan fingerprint density at radius 2 is 2.27 bits per heavy atom. The fourth-order valence-corrected chi connectivity index (χ4v) is 2.96. The van der Waals surface area contributed by atoms with Gasteiger partial charge >= 0.3 is 5.97 Å². The van der Waals surface area contributed by atoms with E-state index in [0.29, 0.717) is 6.61 Å². The molecule has 15 heavy (non-hydrogen) atoms. The Balaban J connectivity index is 2.57. The van der Waals surface area contributed by atoms with Crippen LogP contribution in [0.4, 0.5) is 0 Å². The third-order valence-electron chi connectivity index (χ3n) is 1.67. The van der Waals surface area contributed by atoms with Crippen LogP contribution in [0.2, 0.25) is 0 Å². The van der Waals surface area contributed by atoms with Gasteiger partial charge in [-0.3, -0.25) is 4.79 Å². The summed E-state index contributed by atoms with van der Waals surface area (Å²) in [7, 11) is 0. The second kappa shape index (κ2) is 6.07. The Kier molecular flexibility index (Phi) is 5.04. The molecule has 0 spiro atoms. The van der Waals surface area contributed by atoms with Crippen molar-refractivity contribution >= 4 is 29.1 Å². The highest BCUT2D eigenvalue weighted by Gasteiger charge is 2.20. The van der Waals surface area contributed by atoms with E-state index in [9.17, 15) is 4.79 Å². The quantitative estimate of drug-likeness (QED) is 0.589. The van der Waals surface area contributed by atoms with Gasteiger partial charge in [0.25, 0.3) is 0 Å². The lowest BCUT2D eigenvalue weighted by molar-refractivity contribution is -0.142. The number of aryl methyl sites for hydroxylation is 1. The molecular weight excluding hydrogens is 232 g/mol. The van der Waals surface area contributed by atoms with Gasteiger partial charge in [-0.25, -0.2) is 0 Å². The summed E-state index contributed by atoms with van der Waals surface area (Å²) in [6.07, 6.45) is 0.738. The lowest BCUT2D eigenvalue weighted by atomic mass is 10.3. The predicted octanol–water partition coefficient (Wildman–Crippen LogP) is 2.28. The van der Waals surface area contributed by atoms with Gasteiger partial charge in [-0.05, 0) is 20.3 Å². The smallest absolute Gasteiger partial charge is 0.319 e. The molecule has 84 valence electrons. The van der Waals surface area contributed by atoms with E-state index in [1.54, 1.807) is 0 Å². The fraction of sp³-hybridized carbons (Fsp3) is 0.667. The number of aromatic nitrogens is 2. The molecule has 0 N–H and O–H groups in total. The van der Waals surface area contributed by atoms with E-state index >= 15 is 0 Å². The number of ether oxygens (including phenoxy) is 1. The van der Waals surface area contributed by atoms with E-state index in [2.05, 4.69) is 10.2 Å². The molecule has 1 rings (SSSR count). The standard InChI is InChI=1S/C9H14N2O2S2/c1-4-7(8(12)13-5-2)15-9-11-10-6(3)14-9/h7H,4-5H2,1-3H3. The second-order valence-electron chi connectivity index (χ2n) is 2.85. The van der Waals surface area contributed by atoms with Gasteiger partial charge in [0.1, 0.15) is 10.3 Å². The van der Waals surface area contributed by atoms with Crippen LogP contribution in [0.5, 0.6) is 0 Å². The van der Waals surface area contributed by atoms with Crippen LogP contribution in [0, 0.1) is 6.92 Å². The molecular formula is C9H14N2O2S2. The maximum Gasteiger partial charge on any atom is 0.319 e. The highest BCUT2D eigenvalue weighted by molar-refractivity contribution is 8.02. The zero-order valence-electron chi connectivity index (χ0n) is 9.02. The lowest BCUT2D eigenvalue weighted by Gasteiger charge is -2.10. The summed E-state index contributed by atoms with van der Waals surface area (Å²) in [5.74, 6) is -0.169. The number of esters is 1. The molecule has 1 aromatic heterocycles. The summed E-state index contributed by atoms with van der Waals surface area (Å²) in [6, 6.07) is 0. The molecule has 0 saturated heterocycles. The van der Waals surface area contributed by atoms with Gasteiger partial charge in [0.15, 0.2) is 4.34 Å². The Hall–Kier alpha value is -0.620. The third-order valence-corrected chi connectivity index (χ3v) is 3.94. The van der Waals surface area contributed by atoms with Crippen LogP contribution in [0.15, 0.2) is 4.34 Å². The predicted molar refractivity (Wildman–Crippen MR) is 61.2 cm³/mol. The molecule has 0 saturated carbocycles. The number of carbonyl (C=O) groups is 1. The van der Waals surface area contributed by atoms with Crippen molar-refractivity contribution in [2.24, 2.45) is 0 Å². The Morgan fingerprint density at radius 3 is 2.73 bits per heavy atom. The largest absolute Gasteiger partial charge is 0.465 e. The molecule has 0 aliphatic rings. The van der Waals surface area contributed by atoms with Gasteiger partial charge in [-0.1, -0.05) is 30.0 Å². The van der Waals surface area contributed by atoms with Crippen LogP contribution in [0.25, 0.3) is 0 Å². The lowest BCUT2D eigenvalue weighted by Crippen LogP contribution is -2.19. The van der Waals surface area contributed by atoms with Gasteiger partial charge in [0.05, 0.1) is 6.61 Å². The average Bonchev–Trinajstić information content (AvgIpc) is 2.61. The molecule has 0 bridgehead atoms. The first kappa shape index (κ1) is 12.4. The number of hydrogen-bond acceptors (Lipinski definition) is 6. The Bertz CT molecular complexity index is 328. The molecule has 0 fully saturated rings. The number of hydrogen-bond donors (Lipinski definition) is 0. The first-order chi connectivity index (χ1) is 7.17. The van der Waals surface area contributed by atoms with Gasteiger partial charge in [-0.2, -0.15) is 0 Å². The number of thioether (sulfide) groups is 1. The molecule has 0 amide bonds. The van der Waals surface area contributed by atoms with Crippen molar-refractivity contribution in [1.29, 1.82) is 0 Å². The van der Waals surface area contributed by atoms with Crippen LogP contribution in [-0.2, 0) is 9.53 Å². The van der Waals surface area contributed by atoms with Crippen LogP contribution < -0.4 is 0 Å². The van der Waals surface area contributed by atoms with Crippen LogP contribution in [0.1, 0.15) is 25.3 Å². The summed E-state index contributed by atoms with van der Waals surface area (Å²) in [4.78, 5) is 11.5. The SMILES string of the molecule is CCOC(=O)C(CC)Sc1nnc(C)s1. The number of nitrogens with zero attached hydrogens (tertiary/aromatic N) is 2. The molecule has 1 aromatic rings. The number of rotatable bonds is 5. The number of carbonyl (C=O) groups excluding carboxylic acids is 1. The van der Waals surface area contributed by atoms with Gasteiger partial charge in [-0.15, -0.1) is 10.2 Å². The third kappa shape index (κ3) is 3.79. The Labute approximate surface area is 97.4 Å². The summed E-state index contributed by atoms with van der Waals surface area (Å²) >= 11 is 2.93. The zero-order chi connectivity index (χ0) is 11.3. The van der Waals surface area contributed by atoms with Gasteiger partial charge in [0, 0.05) is 0 Å². The molecule has 1 unspecified atom stereocenters. The average molecular weight is 246 g/mol. The summed E-state index contributed by atoms with van der Waals surface area (Å²) in [5, 5.41) is 8.62. The van der Waals surface area contributed by atoms with Gasteiger partial charge in [0.2, 0.25) is 0 Å². The minimum absolute atomic E-state index is 0.169. The highest BCUT2D eigenvalue weighted by atomic mass is 32.2. The van der Waals surface area contributed by atoms with E-state index < -0.39 is 0 Å². The molecule has 0 aliphatic carbocycles. The fourth-order valence-electron chi connectivity index (χ4n) is 0.981. The van der Waals surface area contributed by atoms with Gasteiger partial charge < -0.3 is 4.74 Å². The monoisotopic (exact) mass is 246 g/mol. The molecule has 0 aromatic carbocycles. The van der Waals surface area contributed by atoms with E-state index in [1.807, 2.05) is 20.8 Å². The van der Waals surface area contributed by atoms with Crippen molar-refractivity contribution in [3.8, 4) is 0 Å². The van der Waals surface area contributed by atoms with Crippen molar-refractivity contribution in [3.63, 3.8) is 0 Å². The van der Waals surface area contributed by atoms with Crippen molar-refractivity contribution in [1.82, 2.24) is 10.2 Å². The molecule has 0 aliphatic heterocycles. The zero-order valence-corrected chi connectivity index (χ0v) is 10.7. The van der Waals surface area contributed by atoms with Crippen LogP contribution >= 0.6 is 23.1 Å². The van der Waals surface area contributed by atoms with Crippen molar-refractivity contribution < 1.29 is 9.53 Å². The normalized spacial score (nSPS) is 12.5. The van der Waals surface area contributed by atoms with Crippen molar-refractivity contribution in [3.05, 3.63) is 5.01 Å². The van der Waals surface area contributed by atoms with E-state index in [4.69, 9.17) is 4.74 Å².